The number of pyridine rings is 1. The van der Waals surface area contributed by atoms with Crippen molar-refractivity contribution in [2.75, 3.05) is 11.9 Å². The van der Waals surface area contributed by atoms with Gasteiger partial charge >= 0.3 is 10.0 Å². The normalized spacial score (nSPS) is 15.6. The van der Waals surface area contributed by atoms with Crippen LogP contribution in [0.4, 0.5) is 5.69 Å². The minimum atomic E-state index is -4.05. The summed E-state index contributed by atoms with van der Waals surface area (Å²) in [6.07, 6.45) is 4.33. The average Bonchev–Trinajstić information content (AvgIpc) is 3.23. The van der Waals surface area contributed by atoms with Gasteiger partial charge in [-0.3, -0.25) is 4.79 Å². The van der Waals surface area contributed by atoms with Gasteiger partial charge in [-0.1, -0.05) is 30.3 Å². The highest BCUT2D eigenvalue weighted by atomic mass is 32.2. The van der Waals surface area contributed by atoms with Gasteiger partial charge in [0.05, 0.1) is 17.8 Å². The van der Waals surface area contributed by atoms with Crippen molar-refractivity contribution in [1.82, 2.24) is 15.3 Å². The Kier molecular flexibility index (Phi) is 4.62. The van der Waals surface area contributed by atoms with Crippen LogP contribution in [0.2, 0.25) is 0 Å². The van der Waals surface area contributed by atoms with E-state index in [1.165, 1.54) is 24.7 Å². The Morgan fingerprint density at radius 1 is 1.11 bits per heavy atom. The molecule has 0 spiro atoms. The SMILES string of the molecule is O=C(NCC(c1ccccc1)c1ncco1)C1=NS(=O)(=O)c2ncccc2N1. The van der Waals surface area contributed by atoms with Crippen LogP contribution in [-0.2, 0) is 14.8 Å². The van der Waals surface area contributed by atoms with Crippen molar-refractivity contribution in [2.45, 2.75) is 10.9 Å². The molecule has 1 aromatic carbocycles. The Morgan fingerprint density at radius 3 is 2.68 bits per heavy atom. The lowest BCUT2D eigenvalue weighted by Crippen LogP contribution is -2.40. The number of benzene rings is 1. The predicted molar refractivity (Wildman–Crippen MR) is 100 cm³/mol. The Bertz CT molecular complexity index is 1130. The third-order valence-electron chi connectivity index (χ3n) is 4.11. The zero-order valence-electron chi connectivity index (χ0n) is 14.4. The fourth-order valence-electron chi connectivity index (χ4n) is 2.82. The van der Waals surface area contributed by atoms with Crippen molar-refractivity contribution < 1.29 is 17.6 Å². The highest BCUT2D eigenvalue weighted by Crippen LogP contribution is 2.25. The van der Waals surface area contributed by atoms with Crippen LogP contribution in [0, 0.1) is 0 Å². The number of amides is 1. The second kappa shape index (κ2) is 7.24. The molecule has 1 unspecified atom stereocenters. The Labute approximate surface area is 160 Å². The summed E-state index contributed by atoms with van der Waals surface area (Å²) < 4.78 is 33.4. The van der Waals surface area contributed by atoms with E-state index in [2.05, 4.69) is 25.0 Å². The second-order valence-corrected chi connectivity index (χ2v) is 7.46. The summed E-state index contributed by atoms with van der Waals surface area (Å²) in [7, 11) is -4.05. The Balaban J connectivity index is 1.54. The third-order valence-corrected chi connectivity index (χ3v) is 5.35. The molecule has 10 heteroatoms. The summed E-state index contributed by atoms with van der Waals surface area (Å²) >= 11 is 0. The van der Waals surface area contributed by atoms with E-state index in [0.717, 1.165) is 5.56 Å². The molecule has 1 atom stereocenters. The molecule has 0 bridgehead atoms. The summed E-state index contributed by atoms with van der Waals surface area (Å²) in [6.45, 7) is 0.143. The van der Waals surface area contributed by atoms with Crippen LogP contribution >= 0.6 is 0 Å². The number of carbonyl (C=O) groups excluding carboxylic acids is 1. The maximum atomic E-state index is 12.6. The van der Waals surface area contributed by atoms with E-state index in [1.54, 1.807) is 6.07 Å². The standard InChI is InChI=1S/C18H15N5O4S/c24-16(15-22-14-7-4-8-20-18(14)28(25,26)23-15)21-11-13(17-19-9-10-27-17)12-5-2-1-3-6-12/h1-10,13H,11H2,(H,21,24)(H,22,23). The molecule has 0 fully saturated rings. The van der Waals surface area contributed by atoms with Gasteiger partial charge in [-0.05, 0) is 17.7 Å². The van der Waals surface area contributed by atoms with Crippen LogP contribution in [-0.4, -0.2) is 36.7 Å². The van der Waals surface area contributed by atoms with Gasteiger partial charge < -0.3 is 15.1 Å². The molecule has 0 saturated carbocycles. The fourth-order valence-corrected chi connectivity index (χ4v) is 3.87. The van der Waals surface area contributed by atoms with E-state index >= 15 is 0 Å². The van der Waals surface area contributed by atoms with E-state index in [9.17, 15) is 13.2 Å². The minimum absolute atomic E-state index is 0.143. The number of nitrogens with one attached hydrogen (secondary N) is 2. The molecule has 1 aliphatic heterocycles. The summed E-state index contributed by atoms with van der Waals surface area (Å²) in [4.78, 5) is 20.5. The van der Waals surface area contributed by atoms with Gasteiger partial charge in [0.15, 0.2) is 0 Å². The van der Waals surface area contributed by atoms with Crippen LogP contribution in [0.3, 0.4) is 0 Å². The van der Waals surface area contributed by atoms with Crippen LogP contribution < -0.4 is 10.6 Å². The molecule has 0 aliphatic carbocycles. The molecule has 4 rings (SSSR count). The summed E-state index contributed by atoms with van der Waals surface area (Å²) in [5.74, 6) is -0.882. The number of nitrogens with zero attached hydrogens (tertiary/aromatic N) is 3. The highest BCUT2D eigenvalue weighted by molar-refractivity contribution is 7.90. The smallest absolute Gasteiger partial charge is 0.304 e. The van der Waals surface area contributed by atoms with Crippen LogP contribution in [0.5, 0.6) is 0 Å². The predicted octanol–water partition coefficient (Wildman–Crippen LogP) is 1.53. The summed E-state index contributed by atoms with van der Waals surface area (Å²) in [5, 5.41) is 5.18. The summed E-state index contributed by atoms with van der Waals surface area (Å²) in [5.41, 5.74) is 1.10. The third kappa shape index (κ3) is 3.49. The van der Waals surface area contributed by atoms with Gasteiger partial charge in [-0.15, -0.1) is 4.40 Å². The maximum Gasteiger partial charge on any atom is 0.304 e. The number of aromatic nitrogens is 2. The molecule has 1 amide bonds. The van der Waals surface area contributed by atoms with E-state index in [4.69, 9.17) is 4.42 Å². The van der Waals surface area contributed by atoms with Gasteiger partial charge in [0, 0.05) is 12.7 Å². The Morgan fingerprint density at radius 2 is 1.93 bits per heavy atom. The Hall–Kier alpha value is -3.53. The highest BCUT2D eigenvalue weighted by Gasteiger charge is 2.30. The van der Waals surface area contributed by atoms with Crippen molar-refractivity contribution in [3.05, 3.63) is 72.6 Å². The lowest BCUT2D eigenvalue weighted by atomic mass is 9.99. The number of hydrogen-bond donors (Lipinski definition) is 2. The average molecular weight is 397 g/mol. The molecule has 28 heavy (non-hydrogen) atoms. The van der Waals surface area contributed by atoms with Crippen LogP contribution in [0.25, 0.3) is 0 Å². The second-order valence-electron chi connectivity index (χ2n) is 5.94. The van der Waals surface area contributed by atoms with E-state index in [-0.39, 0.29) is 29.0 Å². The summed E-state index contributed by atoms with van der Waals surface area (Å²) in [6, 6.07) is 12.5. The molecule has 9 nitrogen and oxygen atoms in total. The number of rotatable bonds is 5. The molecular formula is C18H15N5O4S. The van der Waals surface area contributed by atoms with Gasteiger partial charge in [0.1, 0.15) is 6.26 Å². The van der Waals surface area contributed by atoms with E-state index in [0.29, 0.717) is 5.89 Å². The number of amidine groups is 1. The monoisotopic (exact) mass is 397 g/mol. The van der Waals surface area contributed by atoms with Crippen molar-refractivity contribution >= 4 is 27.5 Å². The number of hydrogen-bond acceptors (Lipinski definition) is 7. The number of sulfonamides is 1. The zero-order valence-corrected chi connectivity index (χ0v) is 15.3. The fraction of sp³-hybridized carbons (Fsp3) is 0.111. The van der Waals surface area contributed by atoms with Crippen molar-refractivity contribution in [2.24, 2.45) is 4.40 Å². The number of oxazole rings is 1. The molecule has 1 aliphatic rings. The lowest BCUT2D eigenvalue weighted by Gasteiger charge is -2.18. The number of fused-ring (bicyclic) bond motifs is 1. The van der Waals surface area contributed by atoms with Gasteiger partial charge in [-0.2, -0.15) is 8.42 Å². The molecule has 2 N–H and O–H groups in total. The first kappa shape index (κ1) is 17.9. The molecule has 0 radical (unpaired) electrons. The minimum Gasteiger partial charge on any atom is -0.448 e. The first-order valence-corrected chi connectivity index (χ1v) is 9.78. The number of anilines is 1. The molecular weight excluding hydrogens is 382 g/mol. The molecule has 3 heterocycles. The van der Waals surface area contributed by atoms with Crippen molar-refractivity contribution in [1.29, 1.82) is 0 Å². The van der Waals surface area contributed by atoms with Gasteiger partial charge in [-0.25, -0.2) is 9.97 Å². The van der Waals surface area contributed by atoms with Crippen LogP contribution in [0.15, 0.2) is 75.0 Å². The first-order valence-electron chi connectivity index (χ1n) is 8.34. The molecule has 2 aromatic heterocycles. The molecule has 142 valence electrons. The lowest BCUT2D eigenvalue weighted by molar-refractivity contribution is -0.114. The van der Waals surface area contributed by atoms with Crippen molar-refractivity contribution in [3.8, 4) is 0 Å². The van der Waals surface area contributed by atoms with Gasteiger partial charge in [0.2, 0.25) is 16.8 Å². The van der Waals surface area contributed by atoms with Crippen molar-refractivity contribution in [3.63, 3.8) is 0 Å². The van der Waals surface area contributed by atoms with Gasteiger partial charge in [0.25, 0.3) is 5.91 Å². The quantitative estimate of drug-likeness (QED) is 0.668. The zero-order chi connectivity index (χ0) is 19.6. The first-order chi connectivity index (χ1) is 13.5. The molecule has 3 aromatic rings. The number of carbonyl (C=O) groups is 1. The maximum absolute atomic E-state index is 12.6. The topological polar surface area (TPSA) is 127 Å². The van der Waals surface area contributed by atoms with E-state index in [1.807, 2.05) is 30.3 Å². The van der Waals surface area contributed by atoms with E-state index < -0.39 is 15.9 Å². The molecule has 0 saturated heterocycles. The van der Waals surface area contributed by atoms with Crippen LogP contribution in [0.1, 0.15) is 17.4 Å². The largest absolute Gasteiger partial charge is 0.448 e.